The standard InChI is InChI=1S/C29H32N4O3/c34-26(31-24-15-19-32(20-16-24)21-22-9-3-1-4-10-22)14-8-18-33-28-25(13-7-17-30-28)36-27(29(33)35)23-11-5-2-6-12-23/h1-7,9-13,17,24,27H,8,14-16,18-21H2,(H,31,34)/t27-/m1/s1. The molecule has 2 aliphatic heterocycles. The topological polar surface area (TPSA) is 74.8 Å². The Morgan fingerprint density at radius 1 is 0.972 bits per heavy atom. The lowest BCUT2D eigenvalue weighted by Gasteiger charge is -2.33. The van der Waals surface area contributed by atoms with Crippen LogP contribution in [0.25, 0.3) is 0 Å². The molecular weight excluding hydrogens is 452 g/mol. The van der Waals surface area contributed by atoms with Gasteiger partial charge >= 0.3 is 0 Å². The Hall–Kier alpha value is -3.71. The summed E-state index contributed by atoms with van der Waals surface area (Å²) in [7, 11) is 0. The number of piperidine rings is 1. The van der Waals surface area contributed by atoms with Gasteiger partial charge < -0.3 is 10.1 Å². The fourth-order valence-electron chi connectivity index (χ4n) is 4.93. The van der Waals surface area contributed by atoms with Crippen molar-refractivity contribution in [3.8, 4) is 5.75 Å². The van der Waals surface area contributed by atoms with Gasteiger partial charge in [-0.05, 0) is 37.0 Å². The minimum atomic E-state index is -0.710. The molecule has 186 valence electrons. The normalized spacial score (nSPS) is 18.4. The Morgan fingerprint density at radius 2 is 1.69 bits per heavy atom. The first-order valence-electron chi connectivity index (χ1n) is 12.7. The molecule has 7 heteroatoms. The summed E-state index contributed by atoms with van der Waals surface area (Å²) in [5, 5.41) is 3.20. The van der Waals surface area contributed by atoms with E-state index in [1.54, 1.807) is 17.2 Å². The van der Waals surface area contributed by atoms with E-state index in [0.717, 1.165) is 38.0 Å². The largest absolute Gasteiger partial charge is 0.472 e. The average Bonchev–Trinajstić information content (AvgIpc) is 2.92. The van der Waals surface area contributed by atoms with Crippen LogP contribution in [0.1, 0.15) is 42.9 Å². The molecule has 1 fully saturated rings. The number of nitrogens with one attached hydrogen (secondary N) is 1. The van der Waals surface area contributed by atoms with Gasteiger partial charge in [0.2, 0.25) is 12.0 Å². The van der Waals surface area contributed by atoms with Crippen molar-refractivity contribution in [2.45, 2.75) is 44.4 Å². The number of hydrogen-bond acceptors (Lipinski definition) is 5. The zero-order valence-corrected chi connectivity index (χ0v) is 20.4. The molecule has 0 spiro atoms. The molecule has 7 nitrogen and oxygen atoms in total. The zero-order valence-electron chi connectivity index (χ0n) is 20.4. The molecule has 0 saturated carbocycles. The van der Waals surface area contributed by atoms with Gasteiger partial charge in [-0.1, -0.05) is 60.7 Å². The first kappa shape index (κ1) is 24.0. The van der Waals surface area contributed by atoms with E-state index < -0.39 is 6.10 Å². The number of likely N-dealkylation sites (tertiary alicyclic amines) is 1. The van der Waals surface area contributed by atoms with E-state index in [9.17, 15) is 9.59 Å². The Bertz CT molecular complexity index is 1160. The summed E-state index contributed by atoms with van der Waals surface area (Å²) in [6.07, 6.45) is 3.78. The van der Waals surface area contributed by atoms with Gasteiger partial charge in [0.05, 0.1) is 0 Å². The van der Waals surface area contributed by atoms with Crippen molar-refractivity contribution >= 4 is 17.6 Å². The van der Waals surface area contributed by atoms with Crippen molar-refractivity contribution in [3.05, 3.63) is 90.1 Å². The second kappa shape index (κ2) is 11.4. The maximum Gasteiger partial charge on any atom is 0.274 e. The summed E-state index contributed by atoms with van der Waals surface area (Å²) < 4.78 is 6.00. The lowest BCUT2D eigenvalue weighted by molar-refractivity contribution is -0.127. The van der Waals surface area contributed by atoms with Gasteiger partial charge in [-0.3, -0.25) is 19.4 Å². The molecule has 0 unspecified atom stereocenters. The van der Waals surface area contributed by atoms with Crippen molar-refractivity contribution in [1.29, 1.82) is 0 Å². The number of carbonyl (C=O) groups is 2. The van der Waals surface area contributed by atoms with Gasteiger partial charge in [0.15, 0.2) is 11.6 Å². The monoisotopic (exact) mass is 484 g/mol. The lowest BCUT2D eigenvalue weighted by atomic mass is 10.0. The second-order valence-corrected chi connectivity index (χ2v) is 9.43. The Kier molecular flexibility index (Phi) is 7.57. The predicted molar refractivity (Wildman–Crippen MR) is 139 cm³/mol. The van der Waals surface area contributed by atoms with Gasteiger partial charge in [-0.15, -0.1) is 0 Å². The van der Waals surface area contributed by atoms with Crippen molar-refractivity contribution in [2.75, 3.05) is 24.5 Å². The zero-order chi connectivity index (χ0) is 24.7. The van der Waals surface area contributed by atoms with Crippen molar-refractivity contribution < 1.29 is 14.3 Å². The van der Waals surface area contributed by atoms with E-state index in [0.29, 0.717) is 31.0 Å². The van der Waals surface area contributed by atoms with E-state index >= 15 is 0 Å². The maximum atomic E-state index is 13.3. The van der Waals surface area contributed by atoms with Gasteiger partial charge in [0.25, 0.3) is 5.91 Å². The van der Waals surface area contributed by atoms with Crippen LogP contribution in [-0.2, 0) is 16.1 Å². The van der Waals surface area contributed by atoms with Crippen molar-refractivity contribution in [2.24, 2.45) is 0 Å². The molecule has 3 heterocycles. The van der Waals surface area contributed by atoms with Crippen LogP contribution < -0.4 is 15.0 Å². The first-order valence-corrected chi connectivity index (χ1v) is 12.7. The Balaban J connectivity index is 1.11. The number of pyridine rings is 1. The Labute approximate surface area is 212 Å². The number of carbonyl (C=O) groups excluding carboxylic acids is 2. The van der Waals surface area contributed by atoms with Crippen LogP contribution in [0.5, 0.6) is 5.75 Å². The molecule has 1 atom stereocenters. The lowest BCUT2D eigenvalue weighted by Crippen LogP contribution is -2.45. The molecule has 1 saturated heterocycles. The highest BCUT2D eigenvalue weighted by atomic mass is 16.5. The number of amides is 2. The fraction of sp³-hybridized carbons (Fsp3) is 0.345. The van der Waals surface area contributed by atoms with Crippen LogP contribution in [0.3, 0.4) is 0 Å². The molecule has 36 heavy (non-hydrogen) atoms. The highest BCUT2D eigenvalue weighted by molar-refractivity contribution is 5.99. The number of benzene rings is 2. The van der Waals surface area contributed by atoms with Crippen LogP contribution in [0, 0.1) is 0 Å². The summed E-state index contributed by atoms with van der Waals surface area (Å²) in [5.74, 6) is 0.982. The quantitative estimate of drug-likeness (QED) is 0.521. The minimum absolute atomic E-state index is 0.0399. The second-order valence-electron chi connectivity index (χ2n) is 9.43. The molecule has 5 rings (SSSR count). The van der Waals surface area contributed by atoms with Crippen molar-refractivity contribution in [1.82, 2.24) is 15.2 Å². The smallest absolute Gasteiger partial charge is 0.274 e. The summed E-state index contributed by atoms with van der Waals surface area (Å²) in [6.45, 7) is 3.32. The molecule has 2 amide bonds. The number of hydrogen-bond donors (Lipinski definition) is 1. The van der Waals surface area contributed by atoms with E-state index in [-0.39, 0.29) is 17.9 Å². The number of ether oxygens (including phenoxy) is 1. The average molecular weight is 485 g/mol. The molecule has 0 bridgehead atoms. The highest BCUT2D eigenvalue weighted by Crippen LogP contribution is 2.37. The molecule has 0 radical (unpaired) electrons. The van der Waals surface area contributed by atoms with Crippen LogP contribution in [0.2, 0.25) is 0 Å². The van der Waals surface area contributed by atoms with Gasteiger partial charge in [0, 0.05) is 50.4 Å². The van der Waals surface area contributed by atoms with Crippen LogP contribution >= 0.6 is 0 Å². The summed E-state index contributed by atoms with van der Waals surface area (Å²) in [4.78, 5) is 34.4. The predicted octanol–water partition coefficient (Wildman–Crippen LogP) is 4.11. The number of rotatable bonds is 8. The van der Waals surface area contributed by atoms with Crippen LogP contribution in [0.15, 0.2) is 79.0 Å². The third-order valence-electron chi connectivity index (χ3n) is 6.83. The number of fused-ring (bicyclic) bond motifs is 1. The highest BCUT2D eigenvalue weighted by Gasteiger charge is 2.36. The molecule has 3 aromatic rings. The van der Waals surface area contributed by atoms with Crippen molar-refractivity contribution in [3.63, 3.8) is 0 Å². The van der Waals surface area contributed by atoms with Crippen LogP contribution in [-0.4, -0.2) is 47.4 Å². The minimum Gasteiger partial charge on any atom is -0.472 e. The van der Waals surface area contributed by atoms with E-state index in [1.807, 2.05) is 42.5 Å². The SMILES string of the molecule is O=C(CCCN1C(=O)[C@@H](c2ccccc2)Oc2cccnc21)NC1CCN(Cc2ccccc2)CC1. The van der Waals surface area contributed by atoms with E-state index in [1.165, 1.54) is 5.56 Å². The molecule has 1 N–H and O–H groups in total. The summed E-state index contributed by atoms with van der Waals surface area (Å²) in [6, 6.07) is 23.8. The van der Waals surface area contributed by atoms with Crippen LogP contribution in [0.4, 0.5) is 5.82 Å². The third kappa shape index (κ3) is 5.74. The first-order chi connectivity index (χ1) is 17.7. The van der Waals surface area contributed by atoms with E-state index in [4.69, 9.17) is 4.74 Å². The number of anilines is 1. The summed E-state index contributed by atoms with van der Waals surface area (Å²) in [5.41, 5.74) is 2.13. The summed E-state index contributed by atoms with van der Waals surface area (Å²) >= 11 is 0. The number of nitrogens with zero attached hydrogens (tertiary/aromatic N) is 3. The number of aromatic nitrogens is 1. The molecule has 2 aliphatic rings. The van der Waals surface area contributed by atoms with Gasteiger partial charge in [0.1, 0.15) is 0 Å². The maximum absolute atomic E-state index is 13.3. The van der Waals surface area contributed by atoms with Gasteiger partial charge in [-0.2, -0.15) is 0 Å². The van der Waals surface area contributed by atoms with E-state index in [2.05, 4.69) is 39.5 Å². The molecular formula is C29H32N4O3. The molecule has 1 aromatic heterocycles. The third-order valence-corrected chi connectivity index (χ3v) is 6.83. The molecule has 2 aromatic carbocycles. The fourth-order valence-corrected chi connectivity index (χ4v) is 4.93. The molecule has 0 aliphatic carbocycles. The Morgan fingerprint density at radius 3 is 2.44 bits per heavy atom. The van der Waals surface area contributed by atoms with Gasteiger partial charge in [-0.25, -0.2) is 4.98 Å².